The van der Waals surface area contributed by atoms with Gasteiger partial charge in [0.2, 0.25) is 0 Å². The van der Waals surface area contributed by atoms with Crippen LogP contribution in [0.15, 0.2) is 24.4 Å². The first-order chi connectivity index (χ1) is 11.2. The van der Waals surface area contributed by atoms with E-state index in [2.05, 4.69) is 41.6 Å². The number of nitrogens with two attached hydrogens (primary N) is 1. The average molecular weight is 312 g/mol. The van der Waals surface area contributed by atoms with Gasteiger partial charge in [-0.1, -0.05) is 19.1 Å². The minimum Gasteiger partial charge on any atom is -0.338 e. The number of hydrazine groups is 1. The highest BCUT2D eigenvalue weighted by Crippen LogP contribution is 2.43. The topological polar surface area (TPSA) is 63.3 Å². The zero-order valence-electron chi connectivity index (χ0n) is 13.6. The normalized spacial score (nSPS) is 23.7. The van der Waals surface area contributed by atoms with Crippen LogP contribution in [0, 0.1) is 0 Å². The lowest BCUT2D eigenvalue weighted by Crippen LogP contribution is -2.46. The molecule has 0 bridgehead atoms. The smallest absolute Gasteiger partial charge is 0.253 e. The highest BCUT2D eigenvalue weighted by molar-refractivity contribution is 5.90. The van der Waals surface area contributed by atoms with Gasteiger partial charge < -0.3 is 4.57 Å². The highest BCUT2D eigenvalue weighted by atomic mass is 16.2. The van der Waals surface area contributed by atoms with Crippen molar-refractivity contribution in [2.45, 2.75) is 44.7 Å². The zero-order valence-corrected chi connectivity index (χ0v) is 13.6. The molecule has 1 saturated heterocycles. The molecule has 4 rings (SSSR count). The molecule has 1 aliphatic heterocycles. The van der Waals surface area contributed by atoms with Crippen LogP contribution in [0.1, 0.15) is 36.8 Å². The number of nitrogens with zero attached hydrogens (tertiary/aromatic N) is 2. The van der Waals surface area contributed by atoms with Gasteiger partial charge in [-0.15, -0.1) is 0 Å². The van der Waals surface area contributed by atoms with Crippen LogP contribution >= 0.6 is 0 Å². The minimum absolute atomic E-state index is 0.161. The molecule has 23 heavy (non-hydrogen) atoms. The Morgan fingerprint density at radius 3 is 3.09 bits per heavy atom. The lowest BCUT2D eigenvalue weighted by Gasteiger charge is -2.43. The molecule has 5 nitrogen and oxygen atoms in total. The fourth-order valence-electron chi connectivity index (χ4n) is 4.64. The van der Waals surface area contributed by atoms with Crippen LogP contribution in [0.25, 0.3) is 10.9 Å². The number of fused-ring (bicyclic) bond motifs is 2. The number of amides is 1. The van der Waals surface area contributed by atoms with Crippen LogP contribution in [0.5, 0.6) is 0 Å². The first kappa shape index (κ1) is 14.7. The number of nitrogens with one attached hydrogen (secondary N) is 1. The Balaban J connectivity index is 1.82. The quantitative estimate of drug-likeness (QED) is 0.516. The van der Waals surface area contributed by atoms with Gasteiger partial charge in [-0.2, -0.15) is 0 Å². The maximum atomic E-state index is 11.7. The number of hydrogen-bond donors (Lipinski definition) is 2. The van der Waals surface area contributed by atoms with Crippen LogP contribution in [0.2, 0.25) is 0 Å². The van der Waals surface area contributed by atoms with Crippen molar-refractivity contribution in [3.8, 4) is 0 Å². The maximum absolute atomic E-state index is 11.7. The monoisotopic (exact) mass is 312 g/mol. The van der Waals surface area contributed by atoms with Gasteiger partial charge in [-0.05, 0) is 49.5 Å². The third-order valence-corrected chi connectivity index (χ3v) is 5.62. The lowest BCUT2D eigenvalue weighted by molar-refractivity contribution is -0.121. The third kappa shape index (κ3) is 2.26. The molecule has 2 heterocycles. The fourth-order valence-corrected chi connectivity index (χ4v) is 4.64. The van der Waals surface area contributed by atoms with E-state index in [0.717, 1.165) is 18.5 Å². The summed E-state index contributed by atoms with van der Waals surface area (Å²) in [4.78, 5) is 14.3. The van der Waals surface area contributed by atoms with Gasteiger partial charge in [-0.25, -0.2) is 5.84 Å². The summed E-state index contributed by atoms with van der Waals surface area (Å²) >= 11 is 0. The second kappa shape index (κ2) is 5.65. The number of rotatable bonds is 3. The summed E-state index contributed by atoms with van der Waals surface area (Å²) in [5.74, 6) is 5.72. The molecule has 1 amide bonds. The van der Waals surface area contributed by atoms with E-state index in [4.69, 9.17) is 5.84 Å². The Morgan fingerprint density at radius 2 is 2.30 bits per heavy atom. The molecule has 0 spiro atoms. The third-order valence-electron chi connectivity index (χ3n) is 5.62. The Morgan fingerprint density at radius 1 is 1.43 bits per heavy atom. The van der Waals surface area contributed by atoms with Crippen molar-refractivity contribution in [1.82, 2.24) is 14.9 Å². The number of likely N-dealkylation sites (N-methyl/N-ethyl adjacent to an activating group) is 1. The molecule has 1 fully saturated rings. The number of piperidine rings is 1. The van der Waals surface area contributed by atoms with Gasteiger partial charge in [0.1, 0.15) is 6.54 Å². The minimum atomic E-state index is -0.161. The van der Waals surface area contributed by atoms with E-state index < -0.39 is 0 Å². The molecule has 122 valence electrons. The van der Waals surface area contributed by atoms with Gasteiger partial charge in [0.25, 0.3) is 5.91 Å². The van der Waals surface area contributed by atoms with Crippen LogP contribution in [0.4, 0.5) is 0 Å². The molecule has 0 radical (unpaired) electrons. The standard InChI is InChI=1S/C18H24N4O/c1-2-21-8-4-6-13-14-5-3-7-15-18(14)12(9-16(13)21)10-22(15)11-17(23)20-19/h3,5,7,10,13,16H,2,4,6,8-9,11,19H2,1H3,(H,20,23)/t13-,16-/m0/s1. The van der Waals surface area contributed by atoms with Crippen LogP contribution in [0.3, 0.4) is 0 Å². The van der Waals surface area contributed by atoms with Gasteiger partial charge in [-0.3, -0.25) is 15.1 Å². The summed E-state index contributed by atoms with van der Waals surface area (Å²) in [6.07, 6.45) is 5.79. The Bertz CT molecular complexity index is 751. The Labute approximate surface area is 136 Å². The first-order valence-electron chi connectivity index (χ1n) is 8.57. The predicted octanol–water partition coefficient (Wildman–Crippen LogP) is 1.76. The summed E-state index contributed by atoms with van der Waals surface area (Å²) in [7, 11) is 0. The van der Waals surface area contributed by atoms with Crippen molar-refractivity contribution in [3.63, 3.8) is 0 Å². The summed E-state index contributed by atoms with van der Waals surface area (Å²) < 4.78 is 2.05. The second-order valence-corrected chi connectivity index (χ2v) is 6.74. The molecule has 5 heteroatoms. The van der Waals surface area contributed by atoms with Crippen molar-refractivity contribution in [1.29, 1.82) is 0 Å². The SMILES string of the molecule is CCN1CCC[C@H]2c3cccc4c3c(cn4CC(=O)NN)C[C@@H]21. The van der Waals surface area contributed by atoms with Crippen LogP contribution < -0.4 is 11.3 Å². The van der Waals surface area contributed by atoms with Crippen molar-refractivity contribution in [2.24, 2.45) is 5.84 Å². The Kier molecular flexibility index (Phi) is 3.62. The van der Waals surface area contributed by atoms with Crippen molar-refractivity contribution in [3.05, 3.63) is 35.5 Å². The zero-order chi connectivity index (χ0) is 16.0. The van der Waals surface area contributed by atoms with E-state index in [1.165, 1.54) is 35.9 Å². The van der Waals surface area contributed by atoms with Gasteiger partial charge >= 0.3 is 0 Å². The molecular weight excluding hydrogens is 288 g/mol. The molecule has 1 aromatic carbocycles. The van der Waals surface area contributed by atoms with Gasteiger partial charge in [0.05, 0.1) is 0 Å². The summed E-state index contributed by atoms with van der Waals surface area (Å²) in [6.45, 7) is 4.86. The molecule has 2 aromatic rings. The number of carbonyl (C=O) groups excluding carboxylic acids is 1. The van der Waals surface area contributed by atoms with Crippen LogP contribution in [-0.2, 0) is 17.8 Å². The molecule has 0 unspecified atom stereocenters. The highest BCUT2D eigenvalue weighted by Gasteiger charge is 2.37. The largest absolute Gasteiger partial charge is 0.338 e. The van der Waals surface area contributed by atoms with E-state index in [1.807, 2.05) is 4.57 Å². The second-order valence-electron chi connectivity index (χ2n) is 6.74. The lowest BCUT2D eigenvalue weighted by atomic mass is 9.75. The fraction of sp³-hybridized carbons (Fsp3) is 0.500. The van der Waals surface area contributed by atoms with E-state index >= 15 is 0 Å². The van der Waals surface area contributed by atoms with E-state index in [0.29, 0.717) is 12.0 Å². The summed E-state index contributed by atoms with van der Waals surface area (Å²) in [6, 6.07) is 7.14. The van der Waals surface area contributed by atoms with Gasteiger partial charge in [0.15, 0.2) is 0 Å². The van der Waals surface area contributed by atoms with Gasteiger partial charge in [0, 0.05) is 29.1 Å². The molecule has 3 N–H and O–H groups in total. The molecule has 0 saturated carbocycles. The Hall–Kier alpha value is -1.85. The summed E-state index contributed by atoms with van der Waals surface area (Å²) in [5, 5.41) is 1.37. The first-order valence-corrected chi connectivity index (χ1v) is 8.57. The molecule has 1 aliphatic carbocycles. The number of hydrogen-bond acceptors (Lipinski definition) is 3. The number of benzene rings is 1. The van der Waals surface area contributed by atoms with E-state index in [9.17, 15) is 4.79 Å². The van der Waals surface area contributed by atoms with Crippen molar-refractivity contribution in [2.75, 3.05) is 13.1 Å². The summed E-state index contributed by atoms with van der Waals surface area (Å²) in [5.41, 5.74) is 6.24. The molecule has 2 aliphatic rings. The van der Waals surface area contributed by atoms with Crippen molar-refractivity contribution < 1.29 is 4.79 Å². The predicted molar refractivity (Wildman–Crippen MR) is 91.0 cm³/mol. The average Bonchev–Trinajstić information content (AvgIpc) is 2.93. The van der Waals surface area contributed by atoms with Crippen LogP contribution in [-0.4, -0.2) is 34.5 Å². The van der Waals surface area contributed by atoms with Crippen molar-refractivity contribution >= 4 is 16.8 Å². The number of likely N-dealkylation sites (tertiary alicyclic amines) is 1. The molecule has 1 aromatic heterocycles. The van der Waals surface area contributed by atoms with E-state index in [1.54, 1.807) is 0 Å². The molecular formula is C18H24N4O. The number of aromatic nitrogens is 1. The number of carbonyl (C=O) groups is 1. The molecule has 2 atom stereocenters. The maximum Gasteiger partial charge on any atom is 0.253 e. The van der Waals surface area contributed by atoms with E-state index in [-0.39, 0.29) is 12.5 Å².